The van der Waals surface area contributed by atoms with Crippen molar-refractivity contribution in [2.24, 2.45) is 11.8 Å². The molecule has 0 heterocycles. The monoisotopic (exact) mass is 123 g/mol. The van der Waals surface area contributed by atoms with E-state index < -0.39 is 0 Å². The van der Waals surface area contributed by atoms with E-state index in [-0.39, 0.29) is 0 Å². The standard InChI is InChI=1S/C8H13N/c1-7-4-3-5-8(7)6-9-2/h7-8H,3-6H2,1H3. The molecule has 0 radical (unpaired) electrons. The fourth-order valence-corrected chi connectivity index (χ4v) is 1.61. The van der Waals surface area contributed by atoms with E-state index in [9.17, 15) is 0 Å². The number of hydrogen-bond donors (Lipinski definition) is 0. The highest BCUT2D eigenvalue weighted by Gasteiger charge is 2.24. The van der Waals surface area contributed by atoms with Crippen molar-refractivity contribution in [3.8, 4) is 0 Å². The molecule has 2 atom stereocenters. The Morgan fingerprint density at radius 1 is 1.56 bits per heavy atom. The van der Waals surface area contributed by atoms with Gasteiger partial charge in [0, 0.05) is 5.92 Å². The second-order valence-electron chi connectivity index (χ2n) is 3.01. The molecule has 0 aromatic carbocycles. The third-order valence-electron chi connectivity index (χ3n) is 2.36. The Balaban J connectivity index is 2.33. The first-order valence-electron chi connectivity index (χ1n) is 3.68. The first kappa shape index (κ1) is 6.61. The SMILES string of the molecule is [C-]#[N+]CC1CCCC1C. The van der Waals surface area contributed by atoms with Crippen molar-refractivity contribution in [2.75, 3.05) is 6.54 Å². The van der Waals surface area contributed by atoms with E-state index in [0.717, 1.165) is 18.4 Å². The van der Waals surface area contributed by atoms with Gasteiger partial charge in [-0.05, 0) is 12.3 Å². The Morgan fingerprint density at radius 3 is 2.78 bits per heavy atom. The highest BCUT2D eigenvalue weighted by molar-refractivity contribution is 4.79. The molecular weight excluding hydrogens is 110 g/mol. The van der Waals surface area contributed by atoms with E-state index in [1.165, 1.54) is 19.3 Å². The van der Waals surface area contributed by atoms with Crippen molar-refractivity contribution < 1.29 is 0 Å². The number of hydrogen-bond acceptors (Lipinski definition) is 0. The van der Waals surface area contributed by atoms with Gasteiger partial charge in [0.15, 0.2) is 0 Å². The van der Waals surface area contributed by atoms with E-state index in [1.807, 2.05) is 0 Å². The average molecular weight is 123 g/mol. The quantitative estimate of drug-likeness (QED) is 0.471. The predicted octanol–water partition coefficient (Wildman–Crippen LogP) is 2.34. The van der Waals surface area contributed by atoms with Crippen LogP contribution in [0.5, 0.6) is 0 Å². The smallest absolute Gasteiger partial charge is 0.217 e. The molecule has 1 nitrogen and oxygen atoms in total. The first-order valence-corrected chi connectivity index (χ1v) is 3.68. The molecule has 0 spiro atoms. The zero-order chi connectivity index (χ0) is 6.69. The molecule has 0 bridgehead atoms. The fraction of sp³-hybridized carbons (Fsp3) is 0.875. The Kier molecular flexibility index (Phi) is 2.10. The van der Waals surface area contributed by atoms with Crippen LogP contribution in [-0.4, -0.2) is 6.54 Å². The van der Waals surface area contributed by atoms with Crippen LogP contribution in [0.1, 0.15) is 26.2 Å². The lowest BCUT2D eigenvalue weighted by Crippen LogP contribution is -2.05. The normalized spacial score (nSPS) is 34.2. The predicted molar refractivity (Wildman–Crippen MR) is 38.0 cm³/mol. The van der Waals surface area contributed by atoms with Crippen LogP contribution in [0.15, 0.2) is 0 Å². The lowest BCUT2D eigenvalue weighted by molar-refractivity contribution is 0.448. The zero-order valence-electron chi connectivity index (χ0n) is 5.93. The highest BCUT2D eigenvalue weighted by Crippen LogP contribution is 2.30. The molecule has 0 N–H and O–H groups in total. The molecule has 1 saturated carbocycles. The highest BCUT2D eigenvalue weighted by atomic mass is 14.6. The van der Waals surface area contributed by atoms with Crippen LogP contribution >= 0.6 is 0 Å². The van der Waals surface area contributed by atoms with Crippen molar-refractivity contribution in [2.45, 2.75) is 26.2 Å². The van der Waals surface area contributed by atoms with E-state index >= 15 is 0 Å². The summed E-state index contributed by atoms with van der Waals surface area (Å²) >= 11 is 0. The van der Waals surface area contributed by atoms with Gasteiger partial charge < -0.3 is 4.85 Å². The van der Waals surface area contributed by atoms with Crippen molar-refractivity contribution in [3.05, 3.63) is 11.4 Å². The molecule has 1 aliphatic rings. The zero-order valence-corrected chi connectivity index (χ0v) is 5.93. The molecule has 0 aromatic heterocycles. The second-order valence-corrected chi connectivity index (χ2v) is 3.01. The minimum Gasteiger partial charge on any atom is -0.317 e. The van der Waals surface area contributed by atoms with E-state index in [1.54, 1.807) is 0 Å². The van der Waals surface area contributed by atoms with Gasteiger partial charge in [-0.2, -0.15) is 0 Å². The summed E-state index contributed by atoms with van der Waals surface area (Å²) < 4.78 is 0. The first-order chi connectivity index (χ1) is 4.34. The molecule has 1 fully saturated rings. The average Bonchev–Trinajstić information content (AvgIpc) is 2.18. The summed E-state index contributed by atoms with van der Waals surface area (Å²) in [6.45, 7) is 9.71. The Bertz CT molecular complexity index is 123. The van der Waals surface area contributed by atoms with Gasteiger partial charge in [-0.25, -0.2) is 6.57 Å². The molecule has 2 unspecified atom stereocenters. The molecule has 50 valence electrons. The number of nitrogens with zero attached hydrogens (tertiary/aromatic N) is 1. The van der Waals surface area contributed by atoms with Crippen LogP contribution in [0.2, 0.25) is 0 Å². The minimum atomic E-state index is 0.725. The van der Waals surface area contributed by atoms with Gasteiger partial charge in [-0.1, -0.05) is 19.8 Å². The molecule has 1 aliphatic carbocycles. The van der Waals surface area contributed by atoms with E-state index in [2.05, 4.69) is 11.8 Å². The Hall–Kier alpha value is -0.510. The maximum atomic E-state index is 6.68. The van der Waals surface area contributed by atoms with E-state index in [0.29, 0.717) is 0 Å². The second kappa shape index (κ2) is 2.87. The Morgan fingerprint density at radius 2 is 2.33 bits per heavy atom. The molecule has 1 rings (SSSR count). The van der Waals surface area contributed by atoms with Gasteiger partial charge in [-0.15, -0.1) is 0 Å². The van der Waals surface area contributed by atoms with Gasteiger partial charge in [0.05, 0.1) is 0 Å². The molecule has 0 amide bonds. The Labute approximate surface area is 56.9 Å². The lowest BCUT2D eigenvalue weighted by Gasteiger charge is -2.05. The molecule has 0 aromatic rings. The van der Waals surface area contributed by atoms with Crippen molar-refractivity contribution in [3.63, 3.8) is 0 Å². The van der Waals surface area contributed by atoms with Gasteiger partial charge in [0.25, 0.3) is 0 Å². The van der Waals surface area contributed by atoms with Gasteiger partial charge in [-0.3, -0.25) is 0 Å². The summed E-state index contributed by atoms with van der Waals surface area (Å²) in [4.78, 5) is 3.42. The molecule has 0 aliphatic heterocycles. The summed E-state index contributed by atoms with van der Waals surface area (Å²) in [5.74, 6) is 1.54. The van der Waals surface area contributed by atoms with Crippen LogP contribution in [0.25, 0.3) is 4.85 Å². The fourth-order valence-electron chi connectivity index (χ4n) is 1.61. The van der Waals surface area contributed by atoms with Crippen LogP contribution in [0, 0.1) is 18.4 Å². The third kappa shape index (κ3) is 1.45. The van der Waals surface area contributed by atoms with Crippen LogP contribution in [-0.2, 0) is 0 Å². The third-order valence-corrected chi connectivity index (χ3v) is 2.36. The molecule has 1 heteroatoms. The minimum absolute atomic E-state index is 0.725. The van der Waals surface area contributed by atoms with Crippen molar-refractivity contribution >= 4 is 0 Å². The largest absolute Gasteiger partial charge is 0.317 e. The maximum Gasteiger partial charge on any atom is 0.217 e. The molecule has 9 heavy (non-hydrogen) atoms. The van der Waals surface area contributed by atoms with Crippen LogP contribution < -0.4 is 0 Å². The van der Waals surface area contributed by atoms with Crippen LogP contribution in [0.3, 0.4) is 0 Å². The summed E-state index contributed by atoms with van der Waals surface area (Å²) in [5, 5.41) is 0. The van der Waals surface area contributed by atoms with Gasteiger partial charge in [0.2, 0.25) is 6.54 Å². The number of rotatable bonds is 1. The van der Waals surface area contributed by atoms with Crippen molar-refractivity contribution in [1.82, 2.24) is 0 Å². The summed E-state index contributed by atoms with van der Waals surface area (Å²) in [6.07, 6.45) is 3.99. The maximum absolute atomic E-state index is 6.68. The van der Waals surface area contributed by atoms with Gasteiger partial charge in [0.1, 0.15) is 0 Å². The van der Waals surface area contributed by atoms with Crippen molar-refractivity contribution in [1.29, 1.82) is 0 Å². The molecular formula is C8H13N. The topological polar surface area (TPSA) is 4.36 Å². The van der Waals surface area contributed by atoms with Crippen LogP contribution in [0.4, 0.5) is 0 Å². The summed E-state index contributed by atoms with van der Waals surface area (Å²) in [5.41, 5.74) is 0. The summed E-state index contributed by atoms with van der Waals surface area (Å²) in [6, 6.07) is 0. The lowest BCUT2D eigenvalue weighted by atomic mass is 9.99. The molecule has 0 saturated heterocycles. The summed E-state index contributed by atoms with van der Waals surface area (Å²) in [7, 11) is 0. The van der Waals surface area contributed by atoms with Gasteiger partial charge >= 0.3 is 0 Å². The van der Waals surface area contributed by atoms with E-state index in [4.69, 9.17) is 6.57 Å².